The zero-order valence-corrected chi connectivity index (χ0v) is 7.83. The molecule has 0 radical (unpaired) electrons. The molecule has 72 valence electrons. The van der Waals surface area contributed by atoms with Crippen molar-refractivity contribution in [3.05, 3.63) is 23.8 Å². The quantitative estimate of drug-likeness (QED) is 0.461. The van der Waals surface area contributed by atoms with Crippen LogP contribution in [0.4, 0.5) is 0 Å². The average Bonchev–Trinajstić information content (AvgIpc) is 2.12. The van der Waals surface area contributed by atoms with Gasteiger partial charge in [-0.2, -0.15) is 0 Å². The molecule has 0 saturated heterocycles. The summed E-state index contributed by atoms with van der Waals surface area (Å²) in [5.41, 5.74) is 1.07. The van der Waals surface area contributed by atoms with Crippen LogP contribution in [0.2, 0.25) is 0 Å². The lowest BCUT2D eigenvalue weighted by molar-refractivity contribution is -0.627. The van der Waals surface area contributed by atoms with Gasteiger partial charge in [-0.1, -0.05) is 6.07 Å². The number of hydrogen-bond acceptors (Lipinski definition) is 2. The number of nitrogens with two attached hydrogens (primary N) is 1. The molecule has 4 N–H and O–H groups in total. The fraction of sp³-hybridized carbons (Fsp3) is 0.400. The van der Waals surface area contributed by atoms with E-state index in [1.165, 1.54) is 6.07 Å². The molecule has 0 aromatic heterocycles. The summed E-state index contributed by atoms with van der Waals surface area (Å²) in [5, 5.41) is 20.4. The SMILES string of the molecule is C[NH2+]CCCc1ccc(O)c(O)c1. The Morgan fingerprint density at radius 2 is 2.00 bits per heavy atom. The number of rotatable bonds is 4. The van der Waals surface area contributed by atoms with Crippen molar-refractivity contribution < 1.29 is 15.5 Å². The second-order valence-electron chi connectivity index (χ2n) is 3.12. The maximum Gasteiger partial charge on any atom is 0.157 e. The Labute approximate surface area is 78.0 Å². The fourth-order valence-corrected chi connectivity index (χ4v) is 1.23. The van der Waals surface area contributed by atoms with E-state index in [1.54, 1.807) is 6.07 Å². The number of aryl methyl sites for hydroxylation is 1. The maximum atomic E-state index is 9.20. The minimum Gasteiger partial charge on any atom is -0.504 e. The Bertz CT molecular complexity index is 274. The van der Waals surface area contributed by atoms with Crippen LogP contribution in [0.5, 0.6) is 11.5 Å². The van der Waals surface area contributed by atoms with Gasteiger partial charge in [-0.25, -0.2) is 0 Å². The molecule has 0 saturated carbocycles. The standard InChI is InChI=1S/C10H15NO2/c1-11-6-2-3-8-4-5-9(12)10(13)7-8/h4-5,7,11-13H,2-3,6H2,1H3/p+1. The monoisotopic (exact) mass is 182 g/mol. The molecule has 0 aliphatic rings. The number of quaternary nitrogens is 1. The van der Waals surface area contributed by atoms with Crippen LogP contribution in [0.25, 0.3) is 0 Å². The fourth-order valence-electron chi connectivity index (χ4n) is 1.23. The molecule has 0 fully saturated rings. The Kier molecular flexibility index (Phi) is 3.58. The van der Waals surface area contributed by atoms with E-state index in [-0.39, 0.29) is 11.5 Å². The molecule has 1 rings (SSSR count). The highest BCUT2D eigenvalue weighted by Gasteiger charge is 2.00. The van der Waals surface area contributed by atoms with Gasteiger partial charge in [0.1, 0.15) is 0 Å². The van der Waals surface area contributed by atoms with Crippen LogP contribution in [0.1, 0.15) is 12.0 Å². The van der Waals surface area contributed by atoms with Crippen molar-refractivity contribution in [2.24, 2.45) is 0 Å². The third-order valence-electron chi connectivity index (χ3n) is 2.00. The molecule has 0 heterocycles. The molecule has 0 amide bonds. The van der Waals surface area contributed by atoms with Crippen LogP contribution in [-0.4, -0.2) is 23.8 Å². The topological polar surface area (TPSA) is 57.1 Å². The molecule has 0 spiro atoms. The number of hydrogen-bond donors (Lipinski definition) is 3. The van der Waals surface area contributed by atoms with Crippen LogP contribution in [0.15, 0.2) is 18.2 Å². The second kappa shape index (κ2) is 4.72. The van der Waals surface area contributed by atoms with Crippen molar-refractivity contribution in [2.45, 2.75) is 12.8 Å². The van der Waals surface area contributed by atoms with Gasteiger partial charge in [0.05, 0.1) is 13.6 Å². The van der Waals surface area contributed by atoms with E-state index < -0.39 is 0 Å². The summed E-state index contributed by atoms with van der Waals surface area (Å²) in [6.07, 6.45) is 2.03. The van der Waals surface area contributed by atoms with Crippen molar-refractivity contribution in [2.75, 3.05) is 13.6 Å². The van der Waals surface area contributed by atoms with E-state index in [0.717, 1.165) is 24.9 Å². The van der Waals surface area contributed by atoms with Gasteiger partial charge in [-0.3, -0.25) is 0 Å². The van der Waals surface area contributed by atoms with Crippen molar-refractivity contribution in [1.29, 1.82) is 0 Å². The van der Waals surface area contributed by atoms with Crippen LogP contribution in [0.3, 0.4) is 0 Å². The zero-order chi connectivity index (χ0) is 9.68. The van der Waals surface area contributed by atoms with Crippen molar-refractivity contribution in [3.63, 3.8) is 0 Å². The lowest BCUT2D eigenvalue weighted by Gasteiger charge is -2.02. The lowest BCUT2D eigenvalue weighted by Crippen LogP contribution is -2.79. The molecule has 0 atom stereocenters. The van der Waals surface area contributed by atoms with E-state index in [9.17, 15) is 5.11 Å². The average molecular weight is 182 g/mol. The van der Waals surface area contributed by atoms with Crippen LogP contribution < -0.4 is 5.32 Å². The molecule has 0 unspecified atom stereocenters. The maximum absolute atomic E-state index is 9.20. The Morgan fingerprint density at radius 1 is 1.23 bits per heavy atom. The molecule has 1 aromatic carbocycles. The van der Waals surface area contributed by atoms with E-state index in [0.29, 0.717) is 0 Å². The molecule has 1 aromatic rings. The lowest BCUT2D eigenvalue weighted by atomic mass is 10.1. The van der Waals surface area contributed by atoms with Gasteiger partial charge in [0.2, 0.25) is 0 Å². The van der Waals surface area contributed by atoms with Crippen molar-refractivity contribution in [1.82, 2.24) is 0 Å². The first kappa shape index (κ1) is 9.86. The van der Waals surface area contributed by atoms with E-state index in [4.69, 9.17) is 5.11 Å². The summed E-state index contributed by atoms with van der Waals surface area (Å²) < 4.78 is 0. The minimum atomic E-state index is -0.0502. The van der Waals surface area contributed by atoms with E-state index in [1.807, 2.05) is 13.1 Å². The van der Waals surface area contributed by atoms with E-state index >= 15 is 0 Å². The molecule has 0 bridgehead atoms. The molecular formula is C10H16NO2+. The van der Waals surface area contributed by atoms with Crippen LogP contribution >= 0.6 is 0 Å². The van der Waals surface area contributed by atoms with Crippen molar-refractivity contribution >= 4 is 0 Å². The van der Waals surface area contributed by atoms with E-state index in [2.05, 4.69) is 5.32 Å². The molecular weight excluding hydrogens is 166 g/mol. The number of phenols is 2. The van der Waals surface area contributed by atoms with Gasteiger partial charge in [-0.05, 0) is 24.1 Å². The highest BCUT2D eigenvalue weighted by atomic mass is 16.3. The van der Waals surface area contributed by atoms with Gasteiger partial charge in [-0.15, -0.1) is 0 Å². The molecule has 0 aliphatic heterocycles. The first-order valence-electron chi connectivity index (χ1n) is 4.52. The van der Waals surface area contributed by atoms with Gasteiger partial charge in [0, 0.05) is 6.42 Å². The van der Waals surface area contributed by atoms with Gasteiger partial charge >= 0.3 is 0 Å². The summed E-state index contributed by atoms with van der Waals surface area (Å²) in [6.45, 7) is 1.08. The Hall–Kier alpha value is -1.22. The number of aromatic hydroxyl groups is 2. The summed E-state index contributed by atoms with van der Waals surface area (Å²) in [4.78, 5) is 0. The highest BCUT2D eigenvalue weighted by molar-refractivity contribution is 5.40. The van der Waals surface area contributed by atoms with Crippen molar-refractivity contribution in [3.8, 4) is 11.5 Å². The Balaban J connectivity index is 2.53. The smallest absolute Gasteiger partial charge is 0.157 e. The third kappa shape index (κ3) is 2.95. The molecule has 3 nitrogen and oxygen atoms in total. The molecule has 3 heteroatoms. The van der Waals surface area contributed by atoms with Gasteiger partial charge in [0.25, 0.3) is 0 Å². The zero-order valence-electron chi connectivity index (χ0n) is 7.83. The first-order chi connectivity index (χ1) is 6.24. The van der Waals surface area contributed by atoms with Crippen LogP contribution in [0, 0.1) is 0 Å². The second-order valence-corrected chi connectivity index (χ2v) is 3.12. The summed E-state index contributed by atoms with van der Waals surface area (Å²) in [6, 6.07) is 4.98. The predicted molar refractivity (Wildman–Crippen MR) is 50.8 cm³/mol. The predicted octanol–water partition coefficient (Wildman–Crippen LogP) is 0.224. The highest BCUT2D eigenvalue weighted by Crippen LogP contribution is 2.25. The summed E-state index contributed by atoms with van der Waals surface area (Å²) >= 11 is 0. The van der Waals surface area contributed by atoms with Crippen LogP contribution in [-0.2, 0) is 6.42 Å². The largest absolute Gasteiger partial charge is 0.504 e. The molecule has 0 aliphatic carbocycles. The summed E-state index contributed by atoms with van der Waals surface area (Å²) in [7, 11) is 2.04. The first-order valence-corrected chi connectivity index (χ1v) is 4.52. The number of phenolic OH excluding ortho intramolecular Hbond substituents is 2. The Morgan fingerprint density at radius 3 is 2.62 bits per heavy atom. The van der Waals surface area contributed by atoms with Gasteiger partial charge in [0.15, 0.2) is 11.5 Å². The minimum absolute atomic E-state index is 0.0296. The summed E-state index contributed by atoms with van der Waals surface area (Å²) in [5.74, 6) is -0.0798. The third-order valence-corrected chi connectivity index (χ3v) is 2.00. The normalized spacial score (nSPS) is 10.2. The van der Waals surface area contributed by atoms with Gasteiger partial charge < -0.3 is 15.5 Å². The molecule has 13 heavy (non-hydrogen) atoms. The number of benzene rings is 1.